The van der Waals surface area contributed by atoms with Crippen LogP contribution in [0.25, 0.3) is 11.3 Å². The maximum atomic E-state index is 11.9. The molecule has 3 heterocycles. The van der Waals surface area contributed by atoms with Crippen LogP contribution >= 0.6 is 23.1 Å². The lowest BCUT2D eigenvalue weighted by Crippen LogP contribution is -2.22. The molecule has 1 fully saturated rings. The van der Waals surface area contributed by atoms with Crippen LogP contribution in [0.15, 0.2) is 34.1 Å². The Labute approximate surface area is 138 Å². The van der Waals surface area contributed by atoms with Crippen molar-refractivity contribution in [2.45, 2.75) is 18.3 Å². The molecule has 4 rings (SSSR count). The first-order valence-corrected chi connectivity index (χ1v) is 8.04. The first-order chi connectivity index (χ1) is 11.1. The SMILES string of the molecule is O=c1[nH]cc(-c2cc([C@H]3CC3c3ccns3)c(Cl)nn2)c(=O)[nH]1. The number of aromatic nitrogens is 5. The van der Waals surface area contributed by atoms with E-state index < -0.39 is 11.2 Å². The summed E-state index contributed by atoms with van der Waals surface area (Å²) < 4.78 is 4.12. The molecular formula is C14H10ClN5O2S. The average molecular weight is 348 g/mol. The fourth-order valence-electron chi connectivity index (χ4n) is 2.65. The summed E-state index contributed by atoms with van der Waals surface area (Å²) in [5, 5.41) is 8.26. The van der Waals surface area contributed by atoms with Gasteiger partial charge in [-0.2, -0.15) is 0 Å². The van der Waals surface area contributed by atoms with Crippen molar-refractivity contribution in [3.05, 3.63) is 61.0 Å². The topological polar surface area (TPSA) is 104 Å². The van der Waals surface area contributed by atoms with E-state index in [4.69, 9.17) is 11.6 Å². The summed E-state index contributed by atoms with van der Waals surface area (Å²) in [7, 11) is 0. The molecule has 0 aromatic carbocycles. The highest BCUT2D eigenvalue weighted by atomic mass is 35.5. The van der Waals surface area contributed by atoms with E-state index in [9.17, 15) is 9.59 Å². The molecule has 2 N–H and O–H groups in total. The smallest absolute Gasteiger partial charge is 0.313 e. The van der Waals surface area contributed by atoms with Crippen LogP contribution in [0.3, 0.4) is 0 Å². The van der Waals surface area contributed by atoms with Gasteiger partial charge in [0.2, 0.25) is 0 Å². The van der Waals surface area contributed by atoms with Gasteiger partial charge in [0.05, 0.1) is 5.56 Å². The van der Waals surface area contributed by atoms with Gasteiger partial charge in [-0.3, -0.25) is 9.78 Å². The first-order valence-electron chi connectivity index (χ1n) is 6.89. The third kappa shape index (κ3) is 2.60. The number of rotatable bonds is 3. The zero-order valence-corrected chi connectivity index (χ0v) is 13.2. The van der Waals surface area contributed by atoms with Gasteiger partial charge >= 0.3 is 5.69 Å². The van der Waals surface area contributed by atoms with Crippen LogP contribution in [-0.2, 0) is 0 Å². The van der Waals surface area contributed by atoms with Crippen LogP contribution in [0.1, 0.15) is 28.7 Å². The molecule has 9 heteroatoms. The van der Waals surface area contributed by atoms with Gasteiger partial charge in [0, 0.05) is 23.2 Å². The molecule has 0 spiro atoms. The van der Waals surface area contributed by atoms with Crippen molar-refractivity contribution in [3.8, 4) is 11.3 Å². The molecule has 1 unspecified atom stereocenters. The molecular weight excluding hydrogens is 338 g/mol. The van der Waals surface area contributed by atoms with Crippen LogP contribution in [-0.4, -0.2) is 24.5 Å². The van der Waals surface area contributed by atoms with E-state index in [1.807, 2.05) is 6.07 Å². The second kappa shape index (κ2) is 5.39. The largest absolute Gasteiger partial charge is 0.325 e. The van der Waals surface area contributed by atoms with Gasteiger partial charge < -0.3 is 4.98 Å². The Morgan fingerprint density at radius 3 is 2.87 bits per heavy atom. The summed E-state index contributed by atoms with van der Waals surface area (Å²) in [6.07, 6.45) is 4.08. The lowest BCUT2D eigenvalue weighted by atomic mass is 10.1. The Bertz CT molecular complexity index is 981. The van der Waals surface area contributed by atoms with E-state index in [0.29, 0.717) is 16.8 Å². The average Bonchev–Trinajstić information content (AvgIpc) is 3.12. The zero-order chi connectivity index (χ0) is 16.0. The van der Waals surface area contributed by atoms with E-state index in [2.05, 4.69) is 24.5 Å². The summed E-state index contributed by atoms with van der Waals surface area (Å²) in [6, 6.07) is 3.77. The van der Waals surface area contributed by atoms with Gasteiger partial charge in [-0.25, -0.2) is 9.17 Å². The Kier molecular flexibility index (Phi) is 3.35. The number of hydrogen-bond acceptors (Lipinski definition) is 6. The number of aromatic amines is 2. The molecule has 0 radical (unpaired) electrons. The first kappa shape index (κ1) is 14.3. The third-order valence-electron chi connectivity index (χ3n) is 3.88. The second-order valence-electron chi connectivity index (χ2n) is 5.32. The molecule has 1 saturated carbocycles. The number of nitrogens with one attached hydrogen (secondary N) is 2. The quantitative estimate of drug-likeness (QED) is 0.753. The van der Waals surface area contributed by atoms with E-state index in [1.54, 1.807) is 12.3 Å². The lowest BCUT2D eigenvalue weighted by Gasteiger charge is -2.05. The minimum absolute atomic E-state index is 0.249. The summed E-state index contributed by atoms with van der Waals surface area (Å²) >= 11 is 7.66. The molecule has 3 aromatic heterocycles. The van der Waals surface area contributed by atoms with Crippen LogP contribution in [0.2, 0.25) is 5.15 Å². The summed E-state index contributed by atoms with van der Waals surface area (Å²) in [5.41, 5.74) is 0.432. The van der Waals surface area contributed by atoms with E-state index in [0.717, 1.165) is 12.0 Å². The Morgan fingerprint density at radius 2 is 2.13 bits per heavy atom. The zero-order valence-electron chi connectivity index (χ0n) is 11.6. The van der Waals surface area contributed by atoms with Crippen molar-refractivity contribution in [1.29, 1.82) is 0 Å². The standard InChI is InChI=1S/C14H10ClN5O2S/c15-12-8(6-3-7(6)11-1-2-17-23-11)4-10(19-20-12)9-5-16-14(22)18-13(9)21/h1-2,4-7H,3H2,(H2,16,18,21,22)/t6-,7?/m0/s1. The van der Waals surface area contributed by atoms with Crippen molar-refractivity contribution in [3.63, 3.8) is 0 Å². The molecule has 0 saturated heterocycles. The fourth-order valence-corrected chi connectivity index (χ4v) is 3.65. The van der Waals surface area contributed by atoms with Crippen LogP contribution in [0.5, 0.6) is 0 Å². The number of halogens is 1. The van der Waals surface area contributed by atoms with Crippen LogP contribution < -0.4 is 11.2 Å². The summed E-state index contributed by atoms with van der Waals surface area (Å²) in [4.78, 5) is 28.8. The molecule has 23 heavy (non-hydrogen) atoms. The molecule has 1 aliphatic carbocycles. The van der Waals surface area contributed by atoms with Crippen molar-refractivity contribution in [2.24, 2.45) is 0 Å². The normalized spacial score (nSPS) is 19.7. The Morgan fingerprint density at radius 1 is 1.26 bits per heavy atom. The van der Waals surface area contributed by atoms with Gasteiger partial charge in [0.25, 0.3) is 5.56 Å². The highest BCUT2D eigenvalue weighted by Gasteiger charge is 2.42. The summed E-state index contributed by atoms with van der Waals surface area (Å²) in [6.45, 7) is 0. The van der Waals surface area contributed by atoms with Gasteiger partial charge in [0.15, 0.2) is 5.15 Å². The number of H-pyrrole nitrogens is 2. The van der Waals surface area contributed by atoms with E-state index in [1.165, 1.54) is 22.6 Å². The van der Waals surface area contributed by atoms with Crippen LogP contribution in [0, 0.1) is 0 Å². The molecule has 0 aliphatic heterocycles. The third-order valence-corrected chi connectivity index (χ3v) is 5.05. The highest BCUT2D eigenvalue weighted by Crippen LogP contribution is 2.56. The van der Waals surface area contributed by atoms with Crippen molar-refractivity contribution in [1.82, 2.24) is 24.5 Å². The van der Waals surface area contributed by atoms with Crippen molar-refractivity contribution >= 4 is 23.1 Å². The molecule has 0 bridgehead atoms. The van der Waals surface area contributed by atoms with Crippen LogP contribution in [0.4, 0.5) is 0 Å². The minimum atomic E-state index is -0.562. The molecule has 2 atom stereocenters. The van der Waals surface area contributed by atoms with Gasteiger partial charge in [-0.15, -0.1) is 10.2 Å². The van der Waals surface area contributed by atoms with Crippen molar-refractivity contribution in [2.75, 3.05) is 0 Å². The molecule has 0 amide bonds. The minimum Gasteiger partial charge on any atom is -0.313 e. The van der Waals surface area contributed by atoms with Gasteiger partial charge in [0.1, 0.15) is 5.69 Å². The molecule has 3 aromatic rings. The number of nitrogens with zero attached hydrogens (tertiary/aromatic N) is 3. The predicted molar refractivity (Wildman–Crippen MR) is 85.9 cm³/mol. The summed E-state index contributed by atoms with van der Waals surface area (Å²) in [5.74, 6) is 0.630. The highest BCUT2D eigenvalue weighted by molar-refractivity contribution is 7.05. The molecule has 1 aliphatic rings. The second-order valence-corrected chi connectivity index (χ2v) is 6.55. The molecule has 7 nitrogen and oxygen atoms in total. The van der Waals surface area contributed by atoms with Gasteiger partial charge in [-0.05, 0) is 41.6 Å². The Balaban J connectivity index is 1.72. The Hall–Kier alpha value is -2.32. The van der Waals surface area contributed by atoms with Crippen molar-refractivity contribution < 1.29 is 0 Å². The monoisotopic (exact) mass is 347 g/mol. The number of hydrogen-bond donors (Lipinski definition) is 2. The predicted octanol–water partition coefficient (Wildman–Crippen LogP) is 1.90. The maximum Gasteiger partial charge on any atom is 0.325 e. The van der Waals surface area contributed by atoms with E-state index >= 15 is 0 Å². The maximum absolute atomic E-state index is 11.9. The molecule has 116 valence electrons. The van der Waals surface area contributed by atoms with E-state index in [-0.39, 0.29) is 11.5 Å². The van der Waals surface area contributed by atoms with Gasteiger partial charge in [-0.1, -0.05) is 11.6 Å². The lowest BCUT2D eigenvalue weighted by molar-refractivity contribution is 0.956. The fraction of sp³-hybridized carbons (Fsp3) is 0.214.